The van der Waals surface area contributed by atoms with Crippen molar-refractivity contribution >= 4 is 5.82 Å². The second-order valence-electron chi connectivity index (χ2n) is 5.29. The van der Waals surface area contributed by atoms with E-state index < -0.39 is 0 Å². The molecule has 21 heavy (non-hydrogen) atoms. The Bertz CT molecular complexity index is 701. The van der Waals surface area contributed by atoms with Crippen molar-refractivity contribution in [3.8, 4) is 28.4 Å². The van der Waals surface area contributed by atoms with Crippen molar-refractivity contribution in [3.05, 3.63) is 17.3 Å². The predicted molar refractivity (Wildman–Crippen MR) is 78.0 cm³/mol. The fourth-order valence-electron chi connectivity index (χ4n) is 3.21. The van der Waals surface area contributed by atoms with E-state index in [1.54, 1.807) is 18.0 Å². The Balaban J connectivity index is 2.06. The predicted octanol–water partition coefficient (Wildman–Crippen LogP) is 1.55. The van der Waals surface area contributed by atoms with E-state index in [0.29, 0.717) is 19.0 Å². The van der Waals surface area contributed by atoms with E-state index in [1.807, 2.05) is 7.05 Å². The highest BCUT2D eigenvalue weighted by Crippen LogP contribution is 2.53. The standard InChI is InChI=1S/C15H17N3O3/c1-18-15(16)10(7-17-18)11-8-3-5-21-14(8)13(19-2)9-4-6-20-12(9)11/h7H,3-6,16H2,1-2H3. The van der Waals surface area contributed by atoms with E-state index in [4.69, 9.17) is 19.9 Å². The molecule has 2 aliphatic rings. The molecule has 110 valence electrons. The Labute approximate surface area is 122 Å². The number of nitrogen functional groups attached to an aromatic ring is 1. The van der Waals surface area contributed by atoms with Crippen molar-refractivity contribution in [2.45, 2.75) is 12.8 Å². The fraction of sp³-hybridized carbons (Fsp3) is 0.400. The highest BCUT2D eigenvalue weighted by Gasteiger charge is 2.33. The first-order valence-electron chi connectivity index (χ1n) is 7.01. The maximum atomic E-state index is 6.17. The maximum Gasteiger partial charge on any atom is 0.168 e. The molecule has 6 nitrogen and oxygen atoms in total. The van der Waals surface area contributed by atoms with Gasteiger partial charge in [-0.25, -0.2) is 0 Å². The molecule has 0 amide bonds. The summed E-state index contributed by atoms with van der Waals surface area (Å²) >= 11 is 0. The van der Waals surface area contributed by atoms with Crippen molar-refractivity contribution in [1.82, 2.24) is 9.78 Å². The van der Waals surface area contributed by atoms with Gasteiger partial charge in [0, 0.05) is 42.1 Å². The van der Waals surface area contributed by atoms with Crippen LogP contribution in [0.3, 0.4) is 0 Å². The van der Waals surface area contributed by atoms with Crippen LogP contribution in [0.2, 0.25) is 0 Å². The second kappa shape index (κ2) is 4.31. The number of fused-ring (bicyclic) bond motifs is 2. The zero-order valence-electron chi connectivity index (χ0n) is 12.1. The molecule has 0 unspecified atom stereocenters. The van der Waals surface area contributed by atoms with Crippen LogP contribution < -0.4 is 19.9 Å². The molecule has 1 aromatic heterocycles. The minimum atomic E-state index is 0.631. The van der Waals surface area contributed by atoms with E-state index in [-0.39, 0.29) is 0 Å². The molecule has 0 aliphatic carbocycles. The zero-order valence-corrected chi connectivity index (χ0v) is 12.1. The van der Waals surface area contributed by atoms with Crippen molar-refractivity contribution in [2.75, 3.05) is 26.1 Å². The summed E-state index contributed by atoms with van der Waals surface area (Å²) in [6, 6.07) is 0. The van der Waals surface area contributed by atoms with Crippen LogP contribution in [0.15, 0.2) is 6.20 Å². The quantitative estimate of drug-likeness (QED) is 0.907. The van der Waals surface area contributed by atoms with Crippen LogP contribution >= 0.6 is 0 Å². The molecule has 0 spiro atoms. The van der Waals surface area contributed by atoms with Gasteiger partial charge in [0.25, 0.3) is 0 Å². The summed E-state index contributed by atoms with van der Waals surface area (Å²) < 4.78 is 18.9. The number of methoxy groups -OCH3 is 1. The molecule has 6 heteroatoms. The van der Waals surface area contributed by atoms with Crippen LogP contribution in [-0.4, -0.2) is 30.1 Å². The molecular formula is C15H17N3O3. The maximum absolute atomic E-state index is 6.17. The van der Waals surface area contributed by atoms with Crippen LogP contribution in [-0.2, 0) is 19.9 Å². The van der Waals surface area contributed by atoms with Crippen LogP contribution in [0.1, 0.15) is 11.1 Å². The lowest BCUT2D eigenvalue weighted by molar-refractivity contribution is 0.324. The number of nitrogens with two attached hydrogens (primary N) is 1. The number of benzene rings is 1. The third-order valence-electron chi connectivity index (χ3n) is 4.21. The number of rotatable bonds is 2. The number of nitrogens with zero attached hydrogens (tertiary/aromatic N) is 2. The Morgan fingerprint density at radius 2 is 1.90 bits per heavy atom. The lowest BCUT2D eigenvalue weighted by atomic mass is 9.94. The molecular weight excluding hydrogens is 270 g/mol. The van der Waals surface area contributed by atoms with Crippen LogP contribution in [0, 0.1) is 0 Å². The summed E-state index contributed by atoms with van der Waals surface area (Å²) in [7, 11) is 3.51. The van der Waals surface area contributed by atoms with Gasteiger partial charge >= 0.3 is 0 Å². The van der Waals surface area contributed by atoms with Crippen LogP contribution in [0.25, 0.3) is 11.1 Å². The smallest absolute Gasteiger partial charge is 0.168 e. The van der Waals surface area contributed by atoms with Gasteiger partial charge in [-0.2, -0.15) is 5.10 Å². The Morgan fingerprint density at radius 3 is 2.57 bits per heavy atom. The number of aromatic nitrogens is 2. The first-order valence-corrected chi connectivity index (χ1v) is 7.01. The SMILES string of the molecule is COc1c2c(c(-c3cnn(C)c3N)c3c1OCC3)OCC2. The summed E-state index contributed by atoms with van der Waals surface area (Å²) in [5.41, 5.74) is 10.3. The third kappa shape index (κ3) is 1.55. The van der Waals surface area contributed by atoms with Gasteiger partial charge in [0.15, 0.2) is 11.5 Å². The number of hydrogen-bond acceptors (Lipinski definition) is 5. The van der Waals surface area contributed by atoms with Gasteiger partial charge < -0.3 is 19.9 Å². The summed E-state index contributed by atoms with van der Waals surface area (Å²) in [5.74, 6) is 3.14. The van der Waals surface area contributed by atoms with Gasteiger partial charge in [-0.15, -0.1) is 0 Å². The topological polar surface area (TPSA) is 71.5 Å². The average Bonchev–Trinajstić information content (AvgIpc) is 3.19. The zero-order chi connectivity index (χ0) is 14.6. The van der Waals surface area contributed by atoms with Crippen molar-refractivity contribution in [3.63, 3.8) is 0 Å². The van der Waals surface area contributed by atoms with E-state index in [9.17, 15) is 0 Å². The largest absolute Gasteiger partial charge is 0.492 e. The van der Waals surface area contributed by atoms with Crippen molar-refractivity contribution in [2.24, 2.45) is 7.05 Å². The van der Waals surface area contributed by atoms with E-state index in [0.717, 1.165) is 52.3 Å². The van der Waals surface area contributed by atoms with E-state index >= 15 is 0 Å². The Kier molecular flexibility index (Phi) is 2.54. The molecule has 2 aliphatic heterocycles. The van der Waals surface area contributed by atoms with Crippen LogP contribution in [0.4, 0.5) is 5.82 Å². The van der Waals surface area contributed by atoms with E-state index in [2.05, 4.69) is 5.10 Å². The van der Waals surface area contributed by atoms with Gasteiger partial charge in [-0.05, 0) is 0 Å². The molecule has 0 saturated heterocycles. The van der Waals surface area contributed by atoms with Crippen molar-refractivity contribution < 1.29 is 14.2 Å². The minimum absolute atomic E-state index is 0.631. The van der Waals surface area contributed by atoms with Gasteiger partial charge in [0.1, 0.15) is 11.6 Å². The molecule has 0 fully saturated rings. The molecule has 0 radical (unpaired) electrons. The van der Waals surface area contributed by atoms with E-state index in [1.165, 1.54) is 0 Å². The number of aryl methyl sites for hydroxylation is 1. The minimum Gasteiger partial charge on any atom is -0.492 e. The summed E-state index contributed by atoms with van der Waals surface area (Å²) in [4.78, 5) is 0. The fourth-order valence-corrected chi connectivity index (χ4v) is 3.21. The van der Waals surface area contributed by atoms with Gasteiger partial charge in [0.05, 0.1) is 26.5 Å². The highest BCUT2D eigenvalue weighted by molar-refractivity contribution is 5.87. The number of ether oxygens (including phenoxy) is 3. The normalized spacial score (nSPS) is 15.3. The van der Waals surface area contributed by atoms with Gasteiger partial charge in [0.2, 0.25) is 0 Å². The first-order chi connectivity index (χ1) is 10.2. The van der Waals surface area contributed by atoms with Crippen molar-refractivity contribution in [1.29, 1.82) is 0 Å². The second-order valence-corrected chi connectivity index (χ2v) is 5.29. The Hall–Kier alpha value is -2.37. The molecule has 2 aromatic rings. The lowest BCUT2D eigenvalue weighted by Gasteiger charge is -2.16. The monoisotopic (exact) mass is 287 g/mol. The average molecular weight is 287 g/mol. The number of anilines is 1. The lowest BCUT2D eigenvalue weighted by Crippen LogP contribution is -2.00. The molecule has 0 bridgehead atoms. The molecule has 4 rings (SSSR count). The molecule has 0 saturated carbocycles. The highest BCUT2D eigenvalue weighted by atomic mass is 16.5. The molecule has 3 heterocycles. The van der Waals surface area contributed by atoms with Gasteiger partial charge in [-0.3, -0.25) is 4.68 Å². The summed E-state index contributed by atoms with van der Waals surface area (Å²) in [5, 5.41) is 4.25. The summed E-state index contributed by atoms with van der Waals surface area (Å²) in [6.07, 6.45) is 3.44. The van der Waals surface area contributed by atoms with Gasteiger partial charge in [-0.1, -0.05) is 0 Å². The first kappa shape index (κ1) is 12.4. The molecule has 2 N–H and O–H groups in total. The molecule has 0 atom stereocenters. The summed E-state index contributed by atoms with van der Waals surface area (Å²) in [6.45, 7) is 1.31. The Morgan fingerprint density at radius 1 is 1.19 bits per heavy atom. The molecule has 1 aromatic carbocycles. The third-order valence-corrected chi connectivity index (χ3v) is 4.21. The number of hydrogen-bond donors (Lipinski definition) is 1. The van der Waals surface area contributed by atoms with Crippen LogP contribution in [0.5, 0.6) is 17.2 Å².